The first-order chi connectivity index (χ1) is 13.0. The van der Waals surface area contributed by atoms with Crippen LogP contribution in [0.4, 0.5) is 4.79 Å². The van der Waals surface area contributed by atoms with Crippen LogP contribution in [0.15, 0.2) is 60.7 Å². The van der Waals surface area contributed by atoms with Crippen molar-refractivity contribution in [3.05, 3.63) is 77.4 Å². The van der Waals surface area contributed by atoms with E-state index in [0.29, 0.717) is 12.0 Å². The van der Waals surface area contributed by atoms with Gasteiger partial charge in [0.25, 0.3) is 11.8 Å². The maximum atomic E-state index is 12.9. The van der Waals surface area contributed by atoms with E-state index in [4.69, 9.17) is 0 Å². The Balaban J connectivity index is 1.75. The number of nitrogens with one attached hydrogen (secondary N) is 2. The molecule has 2 N–H and O–H groups in total. The SMILES string of the molecule is CC[C@]1(c2ccccc2)NC(=O)N(NC(=O)/C=C/c2ccc(C)cc2)C1=O. The molecule has 0 radical (unpaired) electrons. The van der Waals surface area contributed by atoms with E-state index < -0.39 is 23.4 Å². The summed E-state index contributed by atoms with van der Waals surface area (Å²) in [5, 5.41) is 3.47. The summed E-state index contributed by atoms with van der Waals surface area (Å²) in [4.78, 5) is 37.4. The molecule has 1 heterocycles. The maximum absolute atomic E-state index is 12.9. The molecule has 1 atom stereocenters. The zero-order chi connectivity index (χ0) is 19.4. The maximum Gasteiger partial charge on any atom is 0.344 e. The molecule has 0 spiro atoms. The molecule has 6 heteroatoms. The second-order valence-corrected chi connectivity index (χ2v) is 6.42. The lowest BCUT2D eigenvalue weighted by molar-refractivity contribution is -0.138. The number of amides is 4. The zero-order valence-electron chi connectivity index (χ0n) is 15.2. The zero-order valence-corrected chi connectivity index (χ0v) is 15.2. The normalized spacial score (nSPS) is 19.4. The van der Waals surface area contributed by atoms with Crippen molar-refractivity contribution in [2.45, 2.75) is 25.8 Å². The number of nitrogens with zero attached hydrogens (tertiary/aromatic N) is 1. The second-order valence-electron chi connectivity index (χ2n) is 6.42. The van der Waals surface area contributed by atoms with Gasteiger partial charge >= 0.3 is 6.03 Å². The van der Waals surface area contributed by atoms with E-state index in [0.717, 1.165) is 16.1 Å². The predicted molar refractivity (Wildman–Crippen MR) is 102 cm³/mol. The molecule has 1 aliphatic heterocycles. The van der Waals surface area contributed by atoms with E-state index in [9.17, 15) is 14.4 Å². The van der Waals surface area contributed by atoms with Crippen molar-refractivity contribution < 1.29 is 14.4 Å². The Morgan fingerprint density at radius 2 is 1.78 bits per heavy atom. The summed E-state index contributed by atoms with van der Waals surface area (Å²) in [5.74, 6) is -1.06. The molecule has 0 saturated carbocycles. The van der Waals surface area contributed by atoms with Gasteiger partial charge in [0.2, 0.25) is 0 Å². The Morgan fingerprint density at radius 3 is 2.41 bits per heavy atom. The van der Waals surface area contributed by atoms with Crippen LogP contribution in [-0.4, -0.2) is 22.9 Å². The molecular weight excluding hydrogens is 342 g/mol. The molecular formula is C21H21N3O3. The fourth-order valence-corrected chi connectivity index (χ4v) is 3.04. The van der Waals surface area contributed by atoms with Crippen LogP contribution in [0.25, 0.3) is 6.08 Å². The van der Waals surface area contributed by atoms with E-state index >= 15 is 0 Å². The molecule has 0 aliphatic carbocycles. The molecule has 138 valence electrons. The Morgan fingerprint density at radius 1 is 1.11 bits per heavy atom. The third kappa shape index (κ3) is 3.60. The summed E-state index contributed by atoms with van der Waals surface area (Å²) < 4.78 is 0. The predicted octanol–water partition coefficient (Wildman–Crippen LogP) is 2.90. The van der Waals surface area contributed by atoms with Crippen molar-refractivity contribution >= 4 is 23.9 Å². The van der Waals surface area contributed by atoms with Crippen LogP contribution in [0.3, 0.4) is 0 Å². The van der Waals surface area contributed by atoms with Gasteiger partial charge in [-0.25, -0.2) is 4.79 Å². The van der Waals surface area contributed by atoms with E-state index in [-0.39, 0.29) is 0 Å². The van der Waals surface area contributed by atoms with Crippen molar-refractivity contribution in [1.29, 1.82) is 0 Å². The van der Waals surface area contributed by atoms with Gasteiger partial charge in [-0.3, -0.25) is 15.0 Å². The van der Waals surface area contributed by atoms with Crippen LogP contribution in [-0.2, 0) is 15.1 Å². The van der Waals surface area contributed by atoms with E-state index in [1.54, 1.807) is 30.3 Å². The van der Waals surface area contributed by atoms with Crippen LogP contribution >= 0.6 is 0 Å². The van der Waals surface area contributed by atoms with Crippen LogP contribution < -0.4 is 10.7 Å². The highest BCUT2D eigenvalue weighted by molar-refractivity contribution is 6.09. The molecule has 3 rings (SSSR count). The molecule has 27 heavy (non-hydrogen) atoms. The van der Waals surface area contributed by atoms with Gasteiger partial charge in [-0.1, -0.05) is 67.1 Å². The van der Waals surface area contributed by atoms with Crippen LogP contribution in [0.2, 0.25) is 0 Å². The molecule has 0 unspecified atom stereocenters. The van der Waals surface area contributed by atoms with Crippen molar-refractivity contribution in [2.24, 2.45) is 0 Å². The van der Waals surface area contributed by atoms with Gasteiger partial charge in [-0.15, -0.1) is 0 Å². The van der Waals surface area contributed by atoms with Crippen LogP contribution in [0.5, 0.6) is 0 Å². The minimum absolute atomic E-state index is 0.368. The van der Waals surface area contributed by atoms with Gasteiger partial charge in [-0.05, 0) is 30.5 Å². The molecule has 1 saturated heterocycles. The number of imide groups is 1. The average Bonchev–Trinajstić information content (AvgIpc) is 2.93. The summed E-state index contributed by atoms with van der Waals surface area (Å²) in [7, 11) is 0. The van der Waals surface area contributed by atoms with E-state index in [1.807, 2.05) is 44.2 Å². The number of aryl methyl sites for hydroxylation is 1. The van der Waals surface area contributed by atoms with Gasteiger partial charge in [0, 0.05) is 6.08 Å². The molecule has 1 aliphatic rings. The fourth-order valence-electron chi connectivity index (χ4n) is 3.04. The van der Waals surface area contributed by atoms with Gasteiger partial charge in [0.15, 0.2) is 0 Å². The Labute approximate surface area is 157 Å². The number of carbonyl (C=O) groups excluding carboxylic acids is 3. The van der Waals surface area contributed by atoms with Crippen LogP contribution in [0, 0.1) is 6.92 Å². The quantitative estimate of drug-likeness (QED) is 0.633. The van der Waals surface area contributed by atoms with Gasteiger partial charge < -0.3 is 5.32 Å². The lowest BCUT2D eigenvalue weighted by Crippen LogP contribution is -2.48. The van der Waals surface area contributed by atoms with Gasteiger partial charge in [0.05, 0.1) is 0 Å². The summed E-state index contributed by atoms with van der Waals surface area (Å²) in [6, 6.07) is 16.0. The molecule has 2 aromatic carbocycles. The summed E-state index contributed by atoms with van der Waals surface area (Å²) in [6.07, 6.45) is 3.28. The highest BCUT2D eigenvalue weighted by Crippen LogP contribution is 2.31. The Hall–Kier alpha value is -3.41. The van der Waals surface area contributed by atoms with Gasteiger partial charge in [-0.2, -0.15) is 5.01 Å². The number of benzene rings is 2. The lowest BCUT2D eigenvalue weighted by Gasteiger charge is -2.25. The largest absolute Gasteiger partial charge is 0.344 e. The third-order valence-corrected chi connectivity index (χ3v) is 4.62. The van der Waals surface area contributed by atoms with Crippen molar-refractivity contribution in [1.82, 2.24) is 15.8 Å². The van der Waals surface area contributed by atoms with Crippen molar-refractivity contribution in [2.75, 3.05) is 0 Å². The van der Waals surface area contributed by atoms with E-state index in [2.05, 4.69) is 10.7 Å². The number of hydrazine groups is 1. The number of carbonyl (C=O) groups is 3. The lowest BCUT2D eigenvalue weighted by atomic mass is 9.87. The first-order valence-electron chi connectivity index (χ1n) is 8.74. The molecule has 4 amide bonds. The van der Waals surface area contributed by atoms with Crippen molar-refractivity contribution in [3.8, 4) is 0 Å². The first kappa shape index (κ1) is 18.4. The summed E-state index contributed by atoms with van der Waals surface area (Å²) in [5.41, 5.74) is 3.83. The third-order valence-electron chi connectivity index (χ3n) is 4.62. The topological polar surface area (TPSA) is 78.5 Å². The Bertz CT molecular complexity index is 891. The monoisotopic (exact) mass is 363 g/mol. The first-order valence-corrected chi connectivity index (χ1v) is 8.74. The number of rotatable bonds is 5. The Kier molecular flexibility index (Phi) is 5.07. The minimum atomic E-state index is -1.17. The minimum Gasteiger partial charge on any atom is -0.318 e. The standard InChI is InChI=1S/C21H21N3O3/c1-3-21(17-7-5-4-6-8-17)19(26)24(20(27)22-21)23-18(25)14-13-16-11-9-15(2)10-12-16/h4-14H,3H2,1-2H3,(H,22,27)(H,23,25)/b14-13+/t21-/m1/s1. The van der Waals surface area contributed by atoms with Crippen LogP contribution in [0.1, 0.15) is 30.0 Å². The smallest absolute Gasteiger partial charge is 0.318 e. The van der Waals surface area contributed by atoms with Gasteiger partial charge in [0.1, 0.15) is 5.54 Å². The van der Waals surface area contributed by atoms with Crippen molar-refractivity contribution in [3.63, 3.8) is 0 Å². The second kappa shape index (κ2) is 7.45. The average molecular weight is 363 g/mol. The highest BCUT2D eigenvalue weighted by atomic mass is 16.2. The fraction of sp³-hybridized carbons (Fsp3) is 0.190. The molecule has 6 nitrogen and oxygen atoms in total. The number of hydrogen-bond acceptors (Lipinski definition) is 3. The van der Waals surface area contributed by atoms with E-state index in [1.165, 1.54) is 6.08 Å². The number of urea groups is 1. The molecule has 0 bridgehead atoms. The number of hydrogen-bond donors (Lipinski definition) is 2. The highest BCUT2D eigenvalue weighted by Gasteiger charge is 2.52. The molecule has 1 fully saturated rings. The molecule has 2 aromatic rings. The molecule has 0 aromatic heterocycles. The summed E-state index contributed by atoms with van der Waals surface area (Å²) >= 11 is 0. The summed E-state index contributed by atoms with van der Waals surface area (Å²) in [6.45, 7) is 3.79.